The van der Waals surface area contributed by atoms with Crippen LogP contribution in [0.25, 0.3) is 22.3 Å². The van der Waals surface area contributed by atoms with Gasteiger partial charge in [-0.25, -0.2) is 13.2 Å². The molecular weight excluding hydrogens is 418 g/mol. The Labute approximate surface area is 182 Å². The molecule has 1 amide bonds. The molecule has 10 heteroatoms. The fourth-order valence-electron chi connectivity index (χ4n) is 4.09. The van der Waals surface area contributed by atoms with E-state index in [1.54, 1.807) is 30.1 Å². The summed E-state index contributed by atoms with van der Waals surface area (Å²) in [5, 5.41) is 4.44. The highest BCUT2D eigenvalue weighted by Crippen LogP contribution is 2.32. The molecule has 6 nitrogen and oxygen atoms in total. The molecule has 0 aliphatic carbocycles. The van der Waals surface area contributed by atoms with Crippen LogP contribution in [0.15, 0.2) is 36.5 Å². The van der Waals surface area contributed by atoms with Crippen LogP contribution >= 0.6 is 0 Å². The van der Waals surface area contributed by atoms with Crippen LogP contribution in [0.4, 0.5) is 13.2 Å². The molecule has 32 heavy (non-hydrogen) atoms. The molecule has 2 aromatic carbocycles. The fourth-order valence-corrected chi connectivity index (χ4v) is 4.09. The van der Waals surface area contributed by atoms with Crippen molar-refractivity contribution in [1.29, 1.82) is 0 Å². The topological polar surface area (TPSA) is 63.9 Å². The third-order valence-corrected chi connectivity index (χ3v) is 5.55. The number of carbonyl (C=O) groups excluding carboxylic acids is 1. The lowest BCUT2D eigenvalue weighted by atomic mass is 9.99. The molecule has 0 saturated carbocycles. The van der Waals surface area contributed by atoms with Gasteiger partial charge in [-0.3, -0.25) is 19.4 Å². The summed E-state index contributed by atoms with van der Waals surface area (Å²) in [7, 11) is 7.29. The Morgan fingerprint density at radius 3 is 2.59 bits per heavy atom. The number of hydrogen-bond donors (Lipinski definition) is 0. The minimum absolute atomic E-state index is 0.192. The van der Waals surface area contributed by atoms with Gasteiger partial charge in [0, 0.05) is 42.1 Å². The molecule has 0 fully saturated rings. The second-order valence-electron chi connectivity index (χ2n) is 7.63. The quantitative estimate of drug-likeness (QED) is 0.360. The zero-order valence-electron chi connectivity index (χ0n) is 16.9. The van der Waals surface area contributed by atoms with Crippen LogP contribution in [0.2, 0.25) is 0 Å². The van der Waals surface area contributed by atoms with Crippen molar-refractivity contribution in [3.63, 3.8) is 0 Å². The van der Waals surface area contributed by atoms with Gasteiger partial charge in [0.1, 0.15) is 7.85 Å². The Morgan fingerprint density at radius 1 is 1.09 bits per heavy atom. The second kappa shape index (κ2) is 7.47. The van der Waals surface area contributed by atoms with Crippen LogP contribution in [0.3, 0.4) is 0 Å². The van der Waals surface area contributed by atoms with Crippen molar-refractivity contribution in [2.75, 3.05) is 6.54 Å². The van der Waals surface area contributed by atoms with Gasteiger partial charge < -0.3 is 4.90 Å². The first kappa shape index (κ1) is 20.2. The predicted octanol–water partition coefficient (Wildman–Crippen LogP) is 2.44. The van der Waals surface area contributed by atoms with Crippen LogP contribution in [0, 0.1) is 17.5 Å². The van der Waals surface area contributed by atoms with Crippen molar-refractivity contribution < 1.29 is 18.0 Å². The average Bonchev–Trinajstić information content (AvgIpc) is 3.11. The summed E-state index contributed by atoms with van der Waals surface area (Å²) < 4.78 is 42.4. The Balaban J connectivity index is 1.45. The minimum Gasteiger partial charge on any atom is -0.332 e. The molecule has 2 radical (unpaired) electrons. The second-order valence-corrected chi connectivity index (χ2v) is 7.63. The first-order valence-electron chi connectivity index (χ1n) is 9.83. The van der Waals surface area contributed by atoms with Crippen molar-refractivity contribution in [2.24, 2.45) is 7.05 Å². The van der Waals surface area contributed by atoms with E-state index in [1.165, 1.54) is 10.9 Å². The molecule has 1 aliphatic rings. The van der Waals surface area contributed by atoms with Gasteiger partial charge in [-0.05, 0) is 36.8 Å². The number of aryl methyl sites for hydroxylation is 1. The van der Waals surface area contributed by atoms with Gasteiger partial charge in [-0.15, -0.1) is 0 Å². The van der Waals surface area contributed by atoms with Crippen molar-refractivity contribution in [3.8, 4) is 11.3 Å². The summed E-state index contributed by atoms with van der Waals surface area (Å²) in [5.74, 6) is -4.22. The molecule has 5 rings (SSSR count). The van der Waals surface area contributed by atoms with Gasteiger partial charge in [0.15, 0.2) is 17.5 Å². The minimum atomic E-state index is -1.51. The van der Waals surface area contributed by atoms with Crippen molar-refractivity contribution >= 4 is 30.4 Å². The van der Waals surface area contributed by atoms with Gasteiger partial charge in [-0.1, -0.05) is 0 Å². The van der Waals surface area contributed by atoms with E-state index in [1.807, 2.05) is 0 Å². The SMILES string of the molecule is [B]c1cnc2cc(C(=O)N3CCc4c(nn(C)c4-c4cc(F)c(F)c(F)c4)C3)ccc2n1. The van der Waals surface area contributed by atoms with E-state index in [0.29, 0.717) is 46.5 Å². The molecule has 0 unspecified atom stereocenters. The molecule has 1 aliphatic heterocycles. The van der Waals surface area contributed by atoms with Gasteiger partial charge in [0.2, 0.25) is 0 Å². The molecular formula is C22H15BF3N5O. The number of halogens is 3. The van der Waals surface area contributed by atoms with Crippen molar-refractivity contribution in [3.05, 3.63) is 70.8 Å². The molecule has 0 bridgehead atoms. The van der Waals surface area contributed by atoms with E-state index in [-0.39, 0.29) is 18.0 Å². The first-order chi connectivity index (χ1) is 15.3. The third-order valence-electron chi connectivity index (χ3n) is 5.55. The molecule has 2 aromatic heterocycles. The average molecular weight is 433 g/mol. The summed E-state index contributed by atoms with van der Waals surface area (Å²) in [6.45, 7) is 0.627. The van der Waals surface area contributed by atoms with Gasteiger partial charge in [-0.2, -0.15) is 5.10 Å². The number of hydrogen-bond acceptors (Lipinski definition) is 4. The largest absolute Gasteiger partial charge is 0.332 e. The fraction of sp³-hybridized carbons (Fsp3) is 0.182. The first-order valence-corrected chi connectivity index (χ1v) is 9.83. The predicted molar refractivity (Wildman–Crippen MR) is 112 cm³/mol. The molecule has 0 N–H and O–H groups in total. The molecule has 4 aromatic rings. The van der Waals surface area contributed by atoms with Crippen LogP contribution < -0.4 is 5.59 Å². The highest BCUT2D eigenvalue weighted by Gasteiger charge is 2.28. The standard InChI is InChI=1S/C22H15BF3N5O/c1-30-21(12-6-14(24)20(26)15(25)7-12)13-4-5-31(10-18(13)29-30)22(32)11-2-3-16-17(8-11)27-9-19(23)28-16/h2-3,6-9H,4-5,10H2,1H3. The summed E-state index contributed by atoms with van der Waals surface area (Å²) in [6.07, 6.45) is 1.87. The number of rotatable bonds is 2. The summed E-state index contributed by atoms with van der Waals surface area (Å²) >= 11 is 0. The molecule has 3 heterocycles. The van der Waals surface area contributed by atoms with Gasteiger partial charge in [0.05, 0.1) is 29.0 Å². The van der Waals surface area contributed by atoms with Crippen molar-refractivity contribution in [2.45, 2.75) is 13.0 Å². The van der Waals surface area contributed by atoms with Gasteiger partial charge in [0.25, 0.3) is 5.91 Å². The Bertz CT molecular complexity index is 1380. The number of carbonyl (C=O) groups is 1. The normalized spacial score (nSPS) is 13.4. The summed E-state index contributed by atoms with van der Waals surface area (Å²) in [6, 6.07) is 6.93. The van der Waals surface area contributed by atoms with E-state index < -0.39 is 17.5 Å². The number of aromatic nitrogens is 4. The summed E-state index contributed by atoms with van der Waals surface area (Å²) in [5.41, 5.74) is 4.01. The maximum atomic E-state index is 13.8. The molecule has 0 spiro atoms. The smallest absolute Gasteiger partial charge is 0.254 e. The number of fused-ring (bicyclic) bond motifs is 2. The van der Waals surface area contributed by atoms with Crippen molar-refractivity contribution in [1.82, 2.24) is 24.6 Å². The highest BCUT2D eigenvalue weighted by molar-refractivity contribution is 6.30. The Kier molecular flexibility index (Phi) is 4.72. The van der Waals surface area contributed by atoms with E-state index >= 15 is 0 Å². The van der Waals surface area contributed by atoms with Gasteiger partial charge >= 0.3 is 0 Å². The zero-order valence-corrected chi connectivity index (χ0v) is 16.9. The molecule has 0 saturated heterocycles. The molecule has 158 valence electrons. The number of nitrogens with zero attached hydrogens (tertiary/aromatic N) is 5. The molecule has 0 atom stereocenters. The third kappa shape index (κ3) is 3.32. The maximum Gasteiger partial charge on any atom is 0.254 e. The lowest BCUT2D eigenvalue weighted by Crippen LogP contribution is -2.36. The van der Waals surface area contributed by atoms with E-state index in [9.17, 15) is 18.0 Å². The number of amides is 1. The highest BCUT2D eigenvalue weighted by atomic mass is 19.2. The van der Waals surface area contributed by atoms with E-state index in [2.05, 4.69) is 15.1 Å². The Morgan fingerprint density at radius 2 is 1.84 bits per heavy atom. The Hall–Kier alpha value is -3.69. The van der Waals surface area contributed by atoms with Crippen LogP contribution in [-0.2, 0) is 20.0 Å². The van der Waals surface area contributed by atoms with Crippen LogP contribution in [0.5, 0.6) is 0 Å². The zero-order chi connectivity index (χ0) is 22.6. The maximum absolute atomic E-state index is 13.8. The van der Waals surface area contributed by atoms with E-state index in [0.717, 1.165) is 17.7 Å². The van der Waals surface area contributed by atoms with Crippen LogP contribution in [-0.4, -0.2) is 44.9 Å². The summed E-state index contributed by atoms with van der Waals surface area (Å²) in [4.78, 5) is 23.1. The van der Waals surface area contributed by atoms with E-state index in [4.69, 9.17) is 7.85 Å². The lowest BCUT2D eigenvalue weighted by molar-refractivity contribution is 0.0732. The lowest BCUT2D eigenvalue weighted by Gasteiger charge is -2.26. The van der Waals surface area contributed by atoms with Crippen LogP contribution in [0.1, 0.15) is 21.6 Å². The number of benzene rings is 2. The monoisotopic (exact) mass is 433 g/mol.